The summed E-state index contributed by atoms with van der Waals surface area (Å²) in [7, 11) is 1.92. The van der Waals surface area contributed by atoms with Gasteiger partial charge in [0, 0.05) is 7.05 Å². The molecule has 0 amide bonds. The molecule has 0 aliphatic heterocycles. The lowest BCUT2D eigenvalue weighted by molar-refractivity contribution is 0.0963. The van der Waals surface area contributed by atoms with E-state index >= 15 is 0 Å². The zero-order chi connectivity index (χ0) is 9.92. The van der Waals surface area contributed by atoms with Crippen LogP contribution >= 0.6 is 0 Å². The quantitative estimate of drug-likeness (QED) is 0.729. The van der Waals surface area contributed by atoms with Gasteiger partial charge in [0.2, 0.25) is 0 Å². The van der Waals surface area contributed by atoms with Crippen molar-refractivity contribution in [3.05, 3.63) is 17.5 Å². The number of hydrogen-bond acceptors (Lipinski definition) is 2. The van der Waals surface area contributed by atoms with E-state index in [4.69, 9.17) is 0 Å². The fourth-order valence-electron chi connectivity index (χ4n) is 3.29. The minimum absolute atomic E-state index is 0.511. The molecule has 1 heterocycles. The van der Waals surface area contributed by atoms with E-state index in [-0.39, 0.29) is 0 Å². The van der Waals surface area contributed by atoms with Crippen molar-refractivity contribution in [3.8, 4) is 0 Å². The highest BCUT2D eigenvalue weighted by Gasteiger charge is 2.67. The summed E-state index contributed by atoms with van der Waals surface area (Å²) < 4.78 is 1.84. The predicted molar refractivity (Wildman–Crippen MR) is 52.7 cm³/mol. The lowest BCUT2D eigenvalue weighted by Gasteiger charge is -2.14. The average molecular weight is 192 g/mol. The van der Waals surface area contributed by atoms with Crippen LogP contribution in [0.3, 0.4) is 0 Å². The molecule has 0 aromatic carbocycles. The first-order valence-electron chi connectivity index (χ1n) is 5.37. The number of rotatable bonds is 1. The molecule has 1 aromatic heterocycles. The van der Waals surface area contributed by atoms with Crippen LogP contribution < -0.4 is 0 Å². The molecular formula is C11H16N2O. The van der Waals surface area contributed by atoms with Crippen LogP contribution in [0.4, 0.5) is 0 Å². The molecule has 1 aromatic rings. The van der Waals surface area contributed by atoms with Gasteiger partial charge in [-0.2, -0.15) is 5.10 Å². The van der Waals surface area contributed by atoms with E-state index < -0.39 is 5.60 Å². The maximum atomic E-state index is 10.5. The molecule has 0 spiro atoms. The molecule has 0 bridgehead atoms. The molecule has 1 N–H and O–H groups in total. The molecule has 0 saturated heterocycles. The summed E-state index contributed by atoms with van der Waals surface area (Å²) in [4.78, 5) is 0. The third-order valence-electron chi connectivity index (χ3n) is 3.95. The van der Waals surface area contributed by atoms with Crippen LogP contribution in [0.5, 0.6) is 0 Å². The summed E-state index contributed by atoms with van der Waals surface area (Å²) in [6, 6.07) is 2.03. The zero-order valence-corrected chi connectivity index (χ0v) is 8.70. The summed E-state index contributed by atoms with van der Waals surface area (Å²) in [5, 5.41) is 14.8. The number of aryl methyl sites for hydroxylation is 2. The average Bonchev–Trinajstić information content (AvgIpc) is 2.60. The van der Waals surface area contributed by atoms with Gasteiger partial charge in [-0.15, -0.1) is 0 Å². The van der Waals surface area contributed by atoms with Crippen molar-refractivity contribution in [2.24, 2.45) is 18.9 Å². The number of aliphatic hydroxyl groups is 1. The second-order valence-corrected chi connectivity index (χ2v) is 4.76. The maximum absolute atomic E-state index is 10.5. The predicted octanol–water partition coefficient (Wildman–Crippen LogP) is 1.35. The molecule has 76 valence electrons. The Kier molecular flexibility index (Phi) is 1.45. The Morgan fingerprint density at radius 1 is 1.50 bits per heavy atom. The van der Waals surface area contributed by atoms with Crippen LogP contribution in [-0.4, -0.2) is 14.9 Å². The summed E-state index contributed by atoms with van der Waals surface area (Å²) in [5.41, 5.74) is 1.49. The molecule has 2 aliphatic carbocycles. The molecule has 14 heavy (non-hydrogen) atoms. The lowest BCUT2D eigenvalue weighted by atomic mass is 10.0. The van der Waals surface area contributed by atoms with Gasteiger partial charge in [-0.3, -0.25) is 4.68 Å². The SMILES string of the molecule is Cc1cc(C2(O)C3CCCC32)n(C)n1. The van der Waals surface area contributed by atoms with E-state index in [0.29, 0.717) is 11.8 Å². The molecule has 2 fully saturated rings. The van der Waals surface area contributed by atoms with Crippen molar-refractivity contribution in [3.63, 3.8) is 0 Å². The smallest absolute Gasteiger partial charge is 0.112 e. The second kappa shape index (κ2) is 2.40. The monoisotopic (exact) mass is 192 g/mol. The van der Waals surface area contributed by atoms with E-state index in [1.54, 1.807) is 0 Å². The molecule has 3 rings (SSSR count). The lowest BCUT2D eigenvalue weighted by Crippen LogP contribution is -2.17. The first-order chi connectivity index (χ1) is 6.64. The highest BCUT2D eigenvalue weighted by Crippen LogP contribution is 2.66. The molecule has 0 radical (unpaired) electrons. The van der Waals surface area contributed by atoms with Crippen molar-refractivity contribution in [2.75, 3.05) is 0 Å². The van der Waals surface area contributed by atoms with Crippen LogP contribution in [0, 0.1) is 18.8 Å². The van der Waals surface area contributed by atoms with Gasteiger partial charge < -0.3 is 5.11 Å². The van der Waals surface area contributed by atoms with Crippen LogP contribution in [0.25, 0.3) is 0 Å². The molecule has 2 aliphatic rings. The van der Waals surface area contributed by atoms with Crippen molar-refractivity contribution in [1.29, 1.82) is 0 Å². The Bertz CT molecular complexity index is 373. The van der Waals surface area contributed by atoms with Gasteiger partial charge in [-0.25, -0.2) is 0 Å². The van der Waals surface area contributed by atoms with Crippen molar-refractivity contribution in [1.82, 2.24) is 9.78 Å². The Morgan fingerprint density at radius 2 is 2.14 bits per heavy atom. The Morgan fingerprint density at radius 3 is 2.64 bits per heavy atom. The van der Waals surface area contributed by atoms with E-state index in [1.165, 1.54) is 19.3 Å². The van der Waals surface area contributed by atoms with Gasteiger partial charge in [-0.1, -0.05) is 6.42 Å². The fraction of sp³-hybridized carbons (Fsp3) is 0.727. The summed E-state index contributed by atoms with van der Waals surface area (Å²) >= 11 is 0. The molecule has 2 atom stereocenters. The van der Waals surface area contributed by atoms with Gasteiger partial charge in [0.25, 0.3) is 0 Å². The van der Waals surface area contributed by atoms with Crippen LogP contribution in [-0.2, 0) is 12.6 Å². The molecule has 2 saturated carbocycles. The third-order valence-corrected chi connectivity index (χ3v) is 3.95. The largest absolute Gasteiger partial charge is 0.383 e. The Hall–Kier alpha value is -0.830. The summed E-state index contributed by atoms with van der Waals surface area (Å²) in [5.74, 6) is 1.02. The third kappa shape index (κ3) is 0.836. The number of hydrogen-bond donors (Lipinski definition) is 1. The number of aromatic nitrogens is 2. The van der Waals surface area contributed by atoms with Gasteiger partial charge in [-0.05, 0) is 37.7 Å². The topological polar surface area (TPSA) is 38.0 Å². The summed E-state index contributed by atoms with van der Waals surface area (Å²) in [6.45, 7) is 1.98. The van der Waals surface area contributed by atoms with Crippen molar-refractivity contribution >= 4 is 0 Å². The minimum atomic E-state index is -0.533. The van der Waals surface area contributed by atoms with Crippen LogP contribution in [0.2, 0.25) is 0 Å². The van der Waals surface area contributed by atoms with Crippen LogP contribution in [0.15, 0.2) is 6.07 Å². The molecule has 3 heteroatoms. The van der Waals surface area contributed by atoms with Crippen LogP contribution in [0.1, 0.15) is 30.7 Å². The Balaban J connectivity index is 2.00. The Labute approximate surface area is 83.7 Å². The first kappa shape index (κ1) is 8.48. The number of nitrogens with zero attached hydrogens (tertiary/aromatic N) is 2. The van der Waals surface area contributed by atoms with Gasteiger partial charge in [0.15, 0.2) is 0 Å². The second-order valence-electron chi connectivity index (χ2n) is 4.76. The highest BCUT2D eigenvalue weighted by atomic mass is 16.3. The van der Waals surface area contributed by atoms with Gasteiger partial charge in [0.05, 0.1) is 11.4 Å². The van der Waals surface area contributed by atoms with E-state index in [0.717, 1.165) is 11.4 Å². The fourth-order valence-corrected chi connectivity index (χ4v) is 3.29. The number of fused-ring (bicyclic) bond motifs is 1. The highest BCUT2D eigenvalue weighted by molar-refractivity contribution is 5.30. The zero-order valence-electron chi connectivity index (χ0n) is 8.70. The van der Waals surface area contributed by atoms with E-state index in [1.807, 2.05) is 24.7 Å². The van der Waals surface area contributed by atoms with Crippen molar-refractivity contribution in [2.45, 2.75) is 31.8 Å². The minimum Gasteiger partial charge on any atom is -0.383 e. The molecule has 2 unspecified atom stereocenters. The first-order valence-corrected chi connectivity index (χ1v) is 5.37. The van der Waals surface area contributed by atoms with Gasteiger partial charge >= 0.3 is 0 Å². The van der Waals surface area contributed by atoms with Gasteiger partial charge in [0.1, 0.15) is 5.60 Å². The maximum Gasteiger partial charge on any atom is 0.112 e. The van der Waals surface area contributed by atoms with E-state index in [2.05, 4.69) is 5.10 Å². The standard InChI is InChI=1S/C11H16N2O/c1-7-6-10(13(2)12-7)11(14)8-4-3-5-9(8)11/h6,8-9,14H,3-5H2,1-2H3. The molecule has 3 nitrogen and oxygen atoms in total. The normalized spacial score (nSPS) is 39.9. The summed E-state index contributed by atoms with van der Waals surface area (Å²) in [6.07, 6.45) is 3.66. The van der Waals surface area contributed by atoms with E-state index in [9.17, 15) is 5.11 Å². The van der Waals surface area contributed by atoms with Crippen molar-refractivity contribution < 1.29 is 5.11 Å². The molecular weight excluding hydrogens is 176 g/mol.